The van der Waals surface area contributed by atoms with Crippen molar-refractivity contribution in [3.05, 3.63) is 0 Å². The van der Waals surface area contributed by atoms with Gasteiger partial charge in [0.2, 0.25) is 5.84 Å². The lowest BCUT2D eigenvalue weighted by molar-refractivity contribution is -0.497. The number of nitrogens with zero attached hydrogens (tertiary/aromatic N) is 2. The monoisotopic (exact) mass is 313 g/mol. The van der Waals surface area contributed by atoms with Crippen LogP contribution in [-0.2, 0) is 0 Å². The van der Waals surface area contributed by atoms with E-state index in [2.05, 4.69) is 42.0 Å². The number of likely N-dealkylation sites (N-methyl/N-ethyl adjacent to an activating group) is 1. The predicted octanol–water partition coefficient (Wildman–Crippen LogP) is 4.97. The van der Waals surface area contributed by atoms with Crippen molar-refractivity contribution in [3.63, 3.8) is 0 Å². The van der Waals surface area contributed by atoms with Gasteiger partial charge in [0.25, 0.3) is 0 Å². The minimum absolute atomic E-state index is 1.17. The van der Waals surface area contributed by atoms with Gasteiger partial charge in [-0.25, -0.2) is 0 Å². The van der Waals surface area contributed by atoms with Gasteiger partial charge < -0.3 is 0 Å². The Kier molecular flexibility index (Phi) is 11.1. The molecule has 0 saturated heterocycles. The lowest BCUT2D eigenvalue weighted by Crippen LogP contribution is -2.28. The molecular weight excluding hydrogens is 276 g/mol. The molecule has 0 unspecified atom stereocenters. The van der Waals surface area contributed by atoms with Crippen LogP contribution in [0.1, 0.15) is 78.6 Å². The Hall–Kier alpha value is -0.180. The zero-order valence-corrected chi connectivity index (χ0v) is 15.5. The molecule has 21 heavy (non-hydrogen) atoms. The van der Waals surface area contributed by atoms with E-state index in [1.165, 1.54) is 89.1 Å². The van der Waals surface area contributed by atoms with Gasteiger partial charge in [-0.05, 0) is 19.1 Å². The summed E-state index contributed by atoms with van der Waals surface area (Å²) in [6.45, 7) is 10.5. The third-order valence-corrected chi connectivity index (χ3v) is 5.53. The molecule has 0 aromatic rings. The summed E-state index contributed by atoms with van der Waals surface area (Å²) in [5.74, 6) is 4.12. The van der Waals surface area contributed by atoms with Gasteiger partial charge in [-0.3, -0.25) is 9.48 Å². The molecule has 0 radical (unpaired) electrons. The van der Waals surface area contributed by atoms with Crippen molar-refractivity contribution < 1.29 is 4.58 Å². The molecule has 0 aromatic heterocycles. The summed E-state index contributed by atoms with van der Waals surface area (Å²) in [4.78, 5) is 2.54. The predicted molar refractivity (Wildman–Crippen MR) is 97.6 cm³/mol. The molecule has 0 bridgehead atoms. The van der Waals surface area contributed by atoms with E-state index in [-0.39, 0.29) is 0 Å². The minimum atomic E-state index is 1.17. The average molecular weight is 314 g/mol. The fraction of sp³-hybridized carbons (Fsp3) is 0.944. The second-order valence-electron chi connectivity index (χ2n) is 6.13. The van der Waals surface area contributed by atoms with E-state index in [0.717, 1.165) is 0 Å². The van der Waals surface area contributed by atoms with Crippen molar-refractivity contribution in [1.29, 1.82) is 0 Å². The summed E-state index contributed by atoms with van der Waals surface area (Å²) >= 11 is 2.13. The van der Waals surface area contributed by atoms with Crippen molar-refractivity contribution in [3.8, 4) is 0 Å². The summed E-state index contributed by atoms with van der Waals surface area (Å²) in [7, 11) is 0. The Morgan fingerprint density at radius 3 is 2.24 bits per heavy atom. The fourth-order valence-corrected chi connectivity index (χ4v) is 4.18. The summed E-state index contributed by atoms with van der Waals surface area (Å²) in [5, 5.41) is 0. The van der Waals surface area contributed by atoms with Crippen LogP contribution in [0.2, 0.25) is 0 Å². The Bertz CT molecular complexity index is 289. The Morgan fingerprint density at radius 2 is 1.62 bits per heavy atom. The number of unbranched alkanes of at least 4 members (excludes halogenated alkanes) is 7. The first-order chi connectivity index (χ1) is 10.3. The summed E-state index contributed by atoms with van der Waals surface area (Å²) in [6.07, 6.45) is 12.6. The maximum Gasteiger partial charge on any atom is 0.247 e. The fourth-order valence-electron chi connectivity index (χ4n) is 3.14. The van der Waals surface area contributed by atoms with Gasteiger partial charge in [0.15, 0.2) is 0 Å². The zero-order chi connectivity index (χ0) is 15.3. The second-order valence-corrected chi connectivity index (χ2v) is 7.20. The van der Waals surface area contributed by atoms with Crippen molar-refractivity contribution in [1.82, 2.24) is 4.90 Å². The zero-order valence-electron chi connectivity index (χ0n) is 14.7. The Balaban J connectivity index is 1.99. The van der Waals surface area contributed by atoms with Crippen LogP contribution in [0.5, 0.6) is 0 Å². The highest BCUT2D eigenvalue weighted by molar-refractivity contribution is 7.99. The molecule has 2 nitrogen and oxygen atoms in total. The van der Waals surface area contributed by atoms with Crippen molar-refractivity contribution in [2.45, 2.75) is 78.6 Å². The number of amidine groups is 1. The number of hydrogen-bond donors (Lipinski definition) is 0. The van der Waals surface area contributed by atoms with Gasteiger partial charge in [0.05, 0.1) is 6.54 Å². The number of hydrogen-bond acceptors (Lipinski definition) is 2. The summed E-state index contributed by atoms with van der Waals surface area (Å²) < 4.78 is 2.60. The lowest BCUT2D eigenvalue weighted by atomic mass is 10.1. The molecule has 1 aliphatic heterocycles. The van der Waals surface area contributed by atoms with Gasteiger partial charge in [-0.2, -0.15) is 0 Å². The standard InChI is InChI=1S/C18H37N2S/c1-4-7-8-9-10-11-12-13-16-21-17-20-15-14-19(6-3)18(20)5-2/h4-17H2,1-3H3/q+1. The molecule has 1 aliphatic rings. The van der Waals surface area contributed by atoms with Gasteiger partial charge in [0, 0.05) is 6.42 Å². The maximum atomic E-state index is 2.60. The first-order valence-corrected chi connectivity index (χ1v) is 10.4. The highest BCUT2D eigenvalue weighted by atomic mass is 32.2. The molecule has 3 heteroatoms. The smallest absolute Gasteiger partial charge is 0.247 e. The van der Waals surface area contributed by atoms with E-state index >= 15 is 0 Å². The molecule has 0 aliphatic carbocycles. The molecule has 0 N–H and O–H groups in total. The van der Waals surface area contributed by atoms with Gasteiger partial charge in [-0.1, -0.05) is 58.8 Å². The van der Waals surface area contributed by atoms with E-state index in [9.17, 15) is 0 Å². The summed E-state index contributed by atoms with van der Waals surface area (Å²) in [5.41, 5.74) is 0. The second kappa shape index (κ2) is 12.4. The molecule has 1 heterocycles. The van der Waals surface area contributed by atoms with Crippen LogP contribution in [-0.4, -0.2) is 46.6 Å². The van der Waals surface area contributed by atoms with E-state index in [1.54, 1.807) is 5.84 Å². The van der Waals surface area contributed by atoms with Crippen molar-refractivity contribution >= 4 is 17.6 Å². The maximum absolute atomic E-state index is 2.60. The van der Waals surface area contributed by atoms with E-state index in [1.807, 2.05) is 0 Å². The highest BCUT2D eigenvalue weighted by Crippen LogP contribution is 2.13. The average Bonchev–Trinajstić information content (AvgIpc) is 2.91. The first kappa shape index (κ1) is 18.9. The summed E-state index contributed by atoms with van der Waals surface area (Å²) in [6, 6.07) is 0. The molecule has 124 valence electrons. The molecule has 0 amide bonds. The van der Waals surface area contributed by atoms with Gasteiger partial charge >= 0.3 is 0 Å². The molecule has 1 rings (SSSR count). The highest BCUT2D eigenvalue weighted by Gasteiger charge is 2.26. The normalized spacial score (nSPS) is 15.3. The minimum Gasteiger partial charge on any atom is -0.262 e. The van der Waals surface area contributed by atoms with Crippen LogP contribution >= 0.6 is 11.8 Å². The third kappa shape index (κ3) is 7.58. The topological polar surface area (TPSA) is 6.25 Å². The van der Waals surface area contributed by atoms with Crippen LogP contribution in [0.15, 0.2) is 0 Å². The SMILES string of the molecule is CCCCCCCCCCSC[N+]1=C(CC)N(CC)CC1. The van der Waals surface area contributed by atoms with Crippen LogP contribution < -0.4 is 0 Å². The van der Waals surface area contributed by atoms with Gasteiger partial charge in [0.1, 0.15) is 19.0 Å². The quantitative estimate of drug-likeness (QED) is 0.350. The molecule has 0 atom stereocenters. The van der Waals surface area contributed by atoms with E-state index in [0.29, 0.717) is 0 Å². The van der Waals surface area contributed by atoms with Crippen molar-refractivity contribution in [2.75, 3.05) is 31.3 Å². The molecule has 0 saturated carbocycles. The van der Waals surface area contributed by atoms with E-state index in [4.69, 9.17) is 0 Å². The molecule has 0 fully saturated rings. The third-order valence-electron chi connectivity index (χ3n) is 4.46. The van der Waals surface area contributed by atoms with E-state index < -0.39 is 0 Å². The largest absolute Gasteiger partial charge is 0.262 e. The first-order valence-electron chi connectivity index (χ1n) is 9.26. The van der Waals surface area contributed by atoms with Crippen molar-refractivity contribution in [2.24, 2.45) is 0 Å². The Morgan fingerprint density at radius 1 is 0.952 bits per heavy atom. The van der Waals surface area contributed by atoms with Crippen LogP contribution in [0.3, 0.4) is 0 Å². The Labute approximate surface area is 137 Å². The molecular formula is C18H37N2S+. The lowest BCUT2D eigenvalue weighted by Gasteiger charge is -2.09. The number of rotatable bonds is 13. The van der Waals surface area contributed by atoms with Crippen LogP contribution in [0.4, 0.5) is 0 Å². The molecule has 0 aromatic carbocycles. The van der Waals surface area contributed by atoms with Gasteiger partial charge in [-0.15, -0.1) is 11.8 Å². The van der Waals surface area contributed by atoms with Crippen LogP contribution in [0, 0.1) is 0 Å². The molecule has 0 spiro atoms. The number of thioether (sulfide) groups is 1. The van der Waals surface area contributed by atoms with Crippen LogP contribution in [0.25, 0.3) is 0 Å².